The maximum atomic E-state index is 12.8. The number of hydrogen-bond donors (Lipinski definition) is 0. The lowest BCUT2D eigenvalue weighted by molar-refractivity contribution is -0.167. The molecule has 0 aromatic heterocycles. The van der Waals surface area contributed by atoms with Crippen molar-refractivity contribution in [3.63, 3.8) is 0 Å². The molecule has 0 spiro atoms. The molecule has 0 aliphatic carbocycles. The fraction of sp³-hybridized carbons (Fsp3) is 0.738. The van der Waals surface area contributed by atoms with Gasteiger partial charge in [0.1, 0.15) is 13.2 Å². The molecule has 71 heavy (non-hydrogen) atoms. The van der Waals surface area contributed by atoms with Gasteiger partial charge in [0.2, 0.25) is 0 Å². The number of carbonyl (C=O) groups is 3. The van der Waals surface area contributed by atoms with E-state index in [2.05, 4.69) is 106 Å². The van der Waals surface area contributed by atoms with Crippen LogP contribution < -0.4 is 0 Å². The zero-order chi connectivity index (χ0) is 51.4. The van der Waals surface area contributed by atoms with Crippen LogP contribution in [0.3, 0.4) is 0 Å². The van der Waals surface area contributed by atoms with E-state index in [1.54, 1.807) is 0 Å². The Morgan fingerprint density at radius 3 is 0.859 bits per heavy atom. The number of esters is 3. The molecule has 0 saturated carbocycles. The van der Waals surface area contributed by atoms with Crippen LogP contribution in [-0.2, 0) is 28.6 Å². The highest BCUT2D eigenvalue weighted by Gasteiger charge is 2.19. The molecule has 0 aliphatic rings. The summed E-state index contributed by atoms with van der Waals surface area (Å²) in [6.45, 7) is 6.51. The average molecular weight is 990 g/mol. The van der Waals surface area contributed by atoms with Crippen LogP contribution in [0.5, 0.6) is 0 Å². The summed E-state index contributed by atoms with van der Waals surface area (Å²) >= 11 is 0. The van der Waals surface area contributed by atoms with Crippen molar-refractivity contribution >= 4 is 17.9 Å². The van der Waals surface area contributed by atoms with Crippen LogP contribution in [0.25, 0.3) is 0 Å². The van der Waals surface area contributed by atoms with Gasteiger partial charge in [0, 0.05) is 19.3 Å². The summed E-state index contributed by atoms with van der Waals surface area (Å²) < 4.78 is 16.8. The maximum Gasteiger partial charge on any atom is 0.306 e. The van der Waals surface area contributed by atoms with Crippen LogP contribution in [0, 0.1) is 0 Å². The smallest absolute Gasteiger partial charge is 0.306 e. The molecule has 1 unspecified atom stereocenters. The van der Waals surface area contributed by atoms with Crippen molar-refractivity contribution in [2.24, 2.45) is 0 Å². The second-order valence-electron chi connectivity index (χ2n) is 19.9. The van der Waals surface area contributed by atoms with E-state index in [1.807, 2.05) is 0 Å². The summed E-state index contributed by atoms with van der Waals surface area (Å²) in [6.07, 6.45) is 77.4. The van der Waals surface area contributed by atoms with Gasteiger partial charge >= 0.3 is 17.9 Å². The van der Waals surface area contributed by atoms with Crippen molar-refractivity contribution in [3.8, 4) is 0 Å². The zero-order valence-corrected chi connectivity index (χ0v) is 46.7. The van der Waals surface area contributed by atoms with Crippen LogP contribution in [0.15, 0.2) is 85.1 Å². The van der Waals surface area contributed by atoms with Gasteiger partial charge in [0.15, 0.2) is 6.10 Å². The molecule has 0 fully saturated rings. The molecule has 0 bridgehead atoms. The minimum absolute atomic E-state index is 0.0763. The second kappa shape index (κ2) is 59.2. The Kier molecular flexibility index (Phi) is 56.3. The van der Waals surface area contributed by atoms with Gasteiger partial charge in [-0.05, 0) is 77.0 Å². The first kappa shape index (κ1) is 67.6. The van der Waals surface area contributed by atoms with Gasteiger partial charge in [-0.15, -0.1) is 0 Å². The first-order chi connectivity index (χ1) is 35.0. The predicted molar refractivity (Wildman–Crippen MR) is 307 cm³/mol. The lowest BCUT2D eigenvalue weighted by Crippen LogP contribution is -2.30. The van der Waals surface area contributed by atoms with Crippen LogP contribution in [0.4, 0.5) is 0 Å². The van der Waals surface area contributed by atoms with Gasteiger partial charge in [0.25, 0.3) is 0 Å². The van der Waals surface area contributed by atoms with E-state index in [9.17, 15) is 14.4 Å². The molecule has 0 rings (SSSR count). The van der Waals surface area contributed by atoms with E-state index in [0.29, 0.717) is 19.3 Å². The molecule has 408 valence electrons. The van der Waals surface area contributed by atoms with Gasteiger partial charge in [0.05, 0.1) is 0 Å². The zero-order valence-electron chi connectivity index (χ0n) is 46.7. The van der Waals surface area contributed by atoms with E-state index in [1.165, 1.54) is 141 Å². The van der Waals surface area contributed by atoms with Crippen molar-refractivity contribution in [1.29, 1.82) is 0 Å². The van der Waals surface area contributed by atoms with E-state index in [0.717, 1.165) is 109 Å². The Morgan fingerprint density at radius 2 is 0.549 bits per heavy atom. The number of hydrogen-bond acceptors (Lipinski definition) is 6. The molecule has 0 aromatic rings. The molecule has 6 nitrogen and oxygen atoms in total. The van der Waals surface area contributed by atoms with Gasteiger partial charge in [-0.25, -0.2) is 0 Å². The molecule has 0 aromatic carbocycles. The summed E-state index contributed by atoms with van der Waals surface area (Å²) in [5.41, 5.74) is 0. The number of carbonyl (C=O) groups excluding carboxylic acids is 3. The van der Waals surface area contributed by atoms with Crippen LogP contribution >= 0.6 is 0 Å². The predicted octanol–water partition coefficient (Wildman–Crippen LogP) is 20.3. The molecular weight excluding hydrogens is 877 g/mol. The number of rotatable bonds is 54. The third-order valence-corrected chi connectivity index (χ3v) is 12.9. The van der Waals surface area contributed by atoms with Gasteiger partial charge in [-0.3, -0.25) is 14.4 Å². The summed E-state index contributed by atoms with van der Waals surface area (Å²) in [4.78, 5) is 38.0. The number of ether oxygens (including phenoxy) is 3. The normalized spacial score (nSPS) is 12.7. The average Bonchev–Trinajstić information content (AvgIpc) is 3.37. The molecule has 1 atom stereocenters. The first-order valence-corrected chi connectivity index (χ1v) is 30.1. The quantitative estimate of drug-likeness (QED) is 0.0261. The number of allylic oxidation sites excluding steroid dienone is 14. The minimum atomic E-state index is -0.776. The molecule has 0 N–H and O–H groups in total. The Morgan fingerprint density at radius 1 is 0.296 bits per heavy atom. The molecule has 0 aliphatic heterocycles. The van der Waals surface area contributed by atoms with Crippen molar-refractivity contribution in [3.05, 3.63) is 85.1 Å². The highest BCUT2D eigenvalue weighted by atomic mass is 16.6. The monoisotopic (exact) mass is 989 g/mol. The molecule has 0 amide bonds. The number of unbranched alkanes of at least 4 members (excludes halogenated alkanes) is 29. The SMILES string of the molecule is CC/C=C\C/C=C\C/C=C\C/C=C\C/C=C\C/C=C\C/C=C\CCCCCCCCCC(=O)OCC(COC(=O)CCCCCCCCCC)OC(=O)CCCCCCCCCCCCCCCCCC. The maximum absolute atomic E-state index is 12.8. The van der Waals surface area contributed by atoms with Crippen molar-refractivity contribution < 1.29 is 28.6 Å². The van der Waals surface area contributed by atoms with E-state index >= 15 is 0 Å². The van der Waals surface area contributed by atoms with Gasteiger partial charge < -0.3 is 14.2 Å². The van der Waals surface area contributed by atoms with Crippen molar-refractivity contribution in [1.82, 2.24) is 0 Å². The third kappa shape index (κ3) is 57.4. The summed E-state index contributed by atoms with van der Waals surface area (Å²) in [7, 11) is 0. The molecule has 0 radical (unpaired) electrons. The Bertz CT molecular complexity index is 1370. The lowest BCUT2D eigenvalue weighted by Gasteiger charge is -2.18. The molecule has 0 saturated heterocycles. The lowest BCUT2D eigenvalue weighted by atomic mass is 10.0. The minimum Gasteiger partial charge on any atom is -0.462 e. The third-order valence-electron chi connectivity index (χ3n) is 12.9. The second-order valence-corrected chi connectivity index (χ2v) is 19.9. The highest BCUT2D eigenvalue weighted by Crippen LogP contribution is 2.16. The van der Waals surface area contributed by atoms with E-state index in [4.69, 9.17) is 14.2 Å². The van der Waals surface area contributed by atoms with Crippen LogP contribution in [-0.4, -0.2) is 37.2 Å². The fourth-order valence-electron chi connectivity index (χ4n) is 8.42. The molecule has 6 heteroatoms. The highest BCUT2D eigenvalue weighted by molar-refractivity contribution is 5.71. The fourth-order valence-corrected chi connectivity index (χ4v) is 8.42. The van der Waals surface area contributed by atoms with Crippen molar-refractivity contribution in [2.45, 2.75) is 297 Å². The van der Waals surface area contributed by atoms with Crippen molar-refractivity contribution in [2.75, 3.05) is 13.2 Å². The largest absolute Gasteiger partial charge is 0.462 e. The van der Waals surface area contributed by atoms with Crippen LogP contribution in [0.2, 0.25) is 0 Å². The topological polar surface area (TPSA) is 78.9 Å². The Hall–Kier alpha value is -3.41. The standard InChI is InChI=1S/C65H112O6/c1-4-7-10-13-16-19-21-23-25-27-28-29-30-31-32-33-34-35-36-37-38-39-41-42-44-46-49-52-55-58-64(67)70-61-62(60-69-63(66)57-54-51-48-18-15-12-9-6-3)71-65(68)59-56-53-50-47-45-43-40-26-24-22-20-17-14-11-8-5-2/h7,10,16,19,23,25,28-29,31-32,34-35,37-38,62H,4-6,8-9,11-15,17-18,20-22,24,26-27,30,33,36,39-61H2,1-3H3/b10-7-,19-16-,25-23-,29-28-,32-31-,35-34-,38-37-. The molecular formula is C65H112O6. The summed E-state index contributed by atoms with van der Waals surface area (Å²) in [6, 6.07) is 0. The Labute approximate surface area is 439 Å². The van der Waals surface area contributed by atoms with E-state index < -0.39 is 6.10 Å². The van der Waals surface area contributed by atoms with Crippen LogP contribution in [0.1, 0.15) is 290 Å². The Balaban J connectivity index is 4.20. The summed E-state index contributed by atoms with van der Waals surface area (Å²) in [5, 5.41) is 0. The van der Waals surface area contributed by atoms with Gasteiger partial charge in [-0.2, -0.15) is 0 Å². The molecule has 0 heterocycles. The van der Waals surface area contributed by atoms with Gasteiger partial charge in [-0.1, -0.05) is 279 Å². The summed E-state index contributed by atoms with van der Waals surface area (Å²) in [5.74, 6) is -0.883. The first-order valence-electron chi connectivity index (χ1n) is 30.1. The van der Waals surface area contributed by atoms with E-state index in [-0.39, 0.29) is 31.1 Å².